The molecule has 0 unspecified atom stereocenters. The van der Waals surface area contributed by atoms with E-state index in [1.165, 1.54) is 32.5 Å². The van der Waals surface area contributed by atoms with Crippen molar-refractivity contribution in [1.29, 1.82) is 0 Å². The second-order valence-electron chi connectivity index (χ2n) is 7.22. The van der Waals surface area contributed by atoms with Crippen LogP contribution in [0.3, 0.4) is 0 Å². The van der Waals surface area contributed by atoms with Gasteiger partial charge in [-0.15, -0.1) is 11.3 Å². The number of nitrogens with zero attached hydrogens (tertiary/aromatic N) is 3. The average molecular weight is 386 g/mol. The number of hydrogen-bond acceptors (Lipinski definition) is 4. The molecule has 27 heavy (non-hydrogen) atoms. The third-order valence-electron chi connectivity index (χ3n) is 5.07. The van der Waals surface area contributed by atoms with Crippen LogP contribution in [0, 0.1) is 5.92 Å². The van der Waals surface area contributed by atoms with Crippen LogP contribution in [0.1, 0.15) is 31.2 Å². The summed E-state index contributed by atoms with van der Waals surface area (Å²) in [5.41, 5.74) is 2.20. The Morgan fingerprint density at radius 1 is 1.22 bits per heavy atom. The number of rotatable bonds is 7. The van der Waals surface area contributed by atoms with Gasteiger partial charge in [-0.1, -0.05) is 37.3 Å². The molecule has 3 rings (SSSR count). The van der Waals surface area contributed by atoms with Crippen LogP contribution in [0.2, 0.25) is 0 Å². The molecule has 0 atom stereocenters. The van der Waals surface area contributed by atoms with E-state index in [4.69, 9.17) is 4.98 Å². The largest absolute Gasteiger partial charge is 0.356 e. The van der Waals surface area contributed by atoms with Gasteiger partial charge in [0.2, 0.25) is 0 Å². The number of guanidine groups is 1. The summed E-state index contributed by atoms with van der Waals surface area (Å²) in [6.07, 6.45) is 3.83. The quantitative estimate of drug-likeness (QED) is 0.434. The molecule has 2 heterocycles. The van der Waals surface area contributed by atoms with Crippen molar-refractivity contribution in [2.75, 3.05) is 33.2 Å². The lowest BCUT2D eigenvalue weighted by Crippen LogP contribution is -2.39. The zero-order chi connectivity index (χ0) is 18.9. The van der Waals surface area contributed by atoms with E-state index in [-0.39, 0.29) is 0 Å². The Hall–Kier alpha value is -1.92. The molecule has 1 fully saturated rings. The number of likely N-dealkylation sites (tertiary alicyclic amines) is 1. The molecule has 0 spiro atoms. The Morgan fingerprint density at radius 2 is 2.00 bits per heavy atom. The molecule has 2 N–H and O–H groups in total. The minimum atomic E-state index is 0.696. The van der Waals surface area contributed by atoms with Crippen molar-refractivity contribution >= 4 is 17.3 Å². The van der Waals surface area contributed by atoms with Crippen LogP contribution >= 0.6 is 11.3 Å². The lowest BCUT2D eigenvalue weighted by molar-refractivity contribution is 0.191. The lowest BCUT2D eigenvalue weighted by Gasteiger charge is -2.30. The van der Waals surface area contributed by atoms with Crippen molar-refractivity contribution in [3.05, 3.63) is 40.7 Å². The zero-order valence-corrected chi connectivity index (χ0v) is 17.3. The standard InChI is InChI=1S/C21H31N5S/c1-17-9-13-26(14-10-17)12-6-11-23-21(22-2)24-15-20-25-19(16-27-20)18-7-4-3-5-8-18/h3-5,7-8,16-17H,6,9-15H2,1-2H3,(H2,22,23,24). The van der Waals surface area contributed by atoms with Crippen molar-refractivity contribution in [1.82, 2.24) is 20.5 Å². The van der Waals surface area contributed by atoms with Gasteiger partial charge in [0, 0.05) is 24.5 Å². The molecule has 0 aliphatic carbocycles. The molecule has 146 valence electrons. The van der Waals surface area contributed by atoms with Gasteiger partial charge in [0.15, 0.2) is 5.96 Å². The molecule has 1 aromatic carbocycles. The monoisotopic (exact) mass is 385 g/mol. The molecule has 0 saturated carbocycles. The maximum absolute atomic E-state index is 4.72. The van der Waals surface area contributed by atoms with E-state index in [1.54, 1.807) is 11.3 Å². The molecule has 0 radical (unpaired) electrons. The van der Waals surface area contributed by atoms with Crippen LogP contribution in [0.15, 0.2) is 40.7 Å². The van der Waals surface area contributed by atoms with Crippen molar-refractivity contribution in [3.8, 4) is 11.3 Å². The third-order valence-corrected chi connectivity index (χ3v) is 5.92. The first-order valence-corrected chi connectivity index (χ1v) is 10.8. The van der Waals surface area contributed by atoms with Gasteiger partial charge in [-0.05, 0) is 44.8 Å². The zero-order valence-electron chi connectivity index (χ0n) is 16.4. The third kappa shape index (κ3) is 6.33. The smallest absolute Gasteiger partial charge is 0.191 e. The maximum atomic E-state index is 4.72. The van der Waals surface area contributed by atoms with E-state index in [1.807, 2.05) is 25.2 Å². The fraction of sp³-hybridized carbons (Fsp3) is 0.524. The second-order valence-corrected chi connectivity index (χ2v) is 8.17. The van der Waals surface area contributed by atoms with Crippen LogP contribution in [0.5, 0.6) is 0 Å². The highest BCUT2D eigenvalue weighted by atomic mass is 32.1. The normalized spacial score (nSPS) is 16.4. The van der Waals surface area contributed by atoms with Crippen LogP contribution in [-0.2, 0) is 6.54 Å². The SMILES string of the molecule is CN=C(NCCCN1CCC(C)CC1)NCc1nc(-c2ccccc2)cs1. The highest BCUT2D eigenvalue weighted by molar-refractivity contribution is 7.09. The number of nitrogens with one attached hydrogen (secondary N) is 2. The highest BCUT2D eigenvalue weighted by Gasteiger charge is 2.14. The Bertz CT molecular complexity index is 704. The van der Waals surface area contributed by atoms with E-state index >= 15 is 0 Å². The molecular formula is C21H31N5S. The number of benzene rings is 1. The van der Waals surface area contributed by atoms with E-state index in [0.717, 1.165) is 41.1 Å². The number of piperidine rings is 1. The summed E-state index contributed by atoms with van der Waals surface area (Å²) in [7, 11) is 1.82. The van der Waals surface area contributed by atoms with Gasteiger partial charge < -0.3 is 15.5 Å². The fourth-order valence-electron chi connectivity index (χ4n) is 3.31. The highest BCUT2D eigenvalue weighted by Crippen LogP contribution is 2.21. The number of aliphatic imine (C=N–C) groups is 1. The van der Waals surface area contributed by atoms with Crippen molar-refractivity contribution < 1.29 is 0 Å². The molecule has 2 aromatic rings. The summed E-state index contributed by atoms with van der Waals surface area (Å²) >= 11 is 1.68. The van der Waals surface area contributed by atoms with Gasteiger partial charge in [0.25, 0.3) is 0 Å². The van der Waals surface area contributed by atoms with Gasteiger partial charge in [-0.3, -0.25) is 4.99 Å². The summed E-state index contributed by atoms with van der Waals surface area (Å²) in [5, 5.41) is 9.97. The van der Waals surface area contributed by atoms with E-state index in [2.05, 4.69) is 45.0 Å². The Kier molecular flexibility index (Phi) is 7.66. The Morgan fingerprint density at radius 3 is 2.74 bits per heavy atom. The average Bonchev–Trinajstić information content (AvgIpc) is 3.18. The fourth-order valence-corrected chi connectivity index (χ4v) is 4.05. The van der Waals surface area contributed by atoms with Crippen molar-refractivity contribution in [3.63, 3.8) is 0 Å². The van der Waals surface area contributed by atoms with Gasteiger partial charge in [-0.25, -0.2) is 4.98 Å². The predicted molar refractivity (Wildman–Crippen MR) is 115 cm³/mol. The van der Waals surface area contributed by atoms with E-state index < -0.39 is 0 Å². The first kappa shape index (κ1) is 19.8. The number of hydrogen-bond donors (Lipinski definition) is 2. The first-order valence-electron chi connectivity index (χ1n) is 9.91. The minimum Gasteiger partial charge on any atom is -0.356 e. The summed E-state index contributed by atoms with van der Waals surface area (Å²) < 4.78 is 0. The van der Waals surface area contributed by atoms with E-state index in [0.29, 0.717) is 6.54 Å². The van der Waals surface area contributed by atoms with Crippen molar-refractivity contribution in [2.24, 2.45) is 10.9 Å². The van der Waals surface area contributed by atoms with Gasteiger partial charge >= 0.3 is 0 Å². The van der Waals surface area contributed by atoms with Crippen LogP contribution in [-0.4, -0.2) is 49.1 Å². The molecule has 1 aliphatic heterocycles. The molecular weight excluding hydrogens is 354 g/mol. The van der Waals surface area contributed by atoms with Crippen LogP contribution in [0.25, 0.3) is 11.3 Å². The van der Waals surface area contributed by atoms with Crippen LogP contribution in [0.4, 0.5) is 0 Å². The van der Waals surface area contributed by atoms with Gasteiger partial charge in [0.1, 0.15) is 5.01 Å². The summed E-state index contributed by atoms with van der Waals surface area (Å²) in [4.78, 5) is 11.6. The van der Waals surface area contributed by atoms with Gasteiger partial charge in [0.05, 0.1) is 12.2 Å². The Labute approximate surface area is 166 Å². The molecule has 1 saturated heterocycles. The molecule has 1 aromatic heterocycles. The molecule has 5 nitrogen and oxygen atoms in total. The molecule has 1 aliphatic rings. The minimum absolute atomic E-state index is 0.696. The van der Waals surface area contributed by atoms with Gasteiger partial charge in [-0.2, -0.15) is 0 Å². The number of aromatic nitrogens is 1. The molecule has 0 amide bonds. The number of thiazole rings is 1. The summed E-state index contributed by atoms with van der Waals surface area (Å²) in [5.74, 6) is 1.74. The molecule has 0 bridgehead atoms. The summed E-state index contributed by atoms with van der Waals surface area (Å²) in [6.45, 7) is 7.67. The lowest BCUT2D eigenvalue weighted by atomic mass is 9.99. The maximum Gasteiger partial charge on any atom is 0.191 e. The first-order chi connectivity index (χ1) is 13.2. The molecule has 6 heteroatoms. The summed E-state index contributed by atoms with van der Waals surface area (Å²) in [6, 6.07) is 10.3. The van der Waals surface area contributed by atoms with Crippen molar-refractivity contribution in [2.45, 2.75) is 32.7 Å². The second kappa shape index (κ2) is 10.4. The predicted octanol–water partition coefficient (Wildman–Crippen LogP) is 3.60. The van der Waals surface area contributed by atoms with E-state index in [9.17, 15) is 0 Å². The van der Waals surface area contributed by atoms with Crippen LogP contribution < -0.4 is 10.6 Å². The Balaban J connectivity index is 1.36. The topological polar surface area (TPSA) is 52.6 Å².